The normalized spacial score (nSPS) is 23.8. The van der Waals surface area contributed by atoms with Gasteiger partial charge in [-0.15, -0.1) is 0 Å². The number of rotatable bonds is 3. The van der Waals surface area contributed by atoms with Crippen LogP contribution in [0.4, 0.5) is 0 Å². The minimum absolute atomic E-state index is 0.111. The fraction of sp³-hybridized carbons (Fsp3) is 0.875. The van der Waals surface area contributed by atoms with Crippen molar-refractivity contribution < 1.29 is 14.6 Å². The van der Waals surface area contributed by atoms with Crippen molar-refractivity contribution in [2.24, 2.45) is 11.3 Å². The van der Waals surface area contributed by atoms with Crippen molar-refractivity contribution in [1.82, 2.24) is 0 Å². The molecule has 0 radical (unpaired) electrons. The number of carboxylic acid groups (broad SMARTS) is 1. The number of carbonyl (C=O) groups is 1. The Labute approximate surface area is 66.4 Å². The smallest absolute Gasteiger partial charge is 0.307 e. The average molecular weight is 158 g/mol. The van der Waals surface area contributed by atoms with Crippen molar-refractivity contribution in [3.05, 3.63) is 0 Å². The van der Waals surface area contributed by atoms with E-state index in [0.717, 1.165) is 0 Å². The van der Waals surface area contributed by atoms with Gasteiger partial charge in [0.15, 0.2) is 0 Å². The van der Waals surface area contributed by atoms with Crippen molar-refractivity contribution in [3.8, 4) is 0 Å². The van der Waals surface area contributed by atoms with Gasteiger partial charge in [0.2, 0.25) is 0 Å². The maximum atomic E-state index is 10.7. The third-order valence-electron chi connectivity index (χ3n) is 2.41. The lowest BCUT2D eigenvalue weighted by Gasteiger charge is -2.42. The summed E-state index contributed by atoms with van der Waals surface area (Å²) in [6, 6.07) is 0. The van der Waals surface area contributed by atoms with Crippen molar-refractivity contribution in [1.29, 1.82) is 0 Å². The summed E-state index contributed by atoms with van der Waals surface area (Å²) >= 11 is 0. The van der Waals surface area contributed by atoms with Crippen LogP contribution in [0.5, 0.6) is 0 Å². The topological polar surface area (TPSA) is 46.5 Å². The summed E-state index contributed by atoms with van der Waals surface area (Å²) < 4.78 is 5.01. The molecule has 0 spiro atoms. The Hall–Kier alpha value is -0.570. The van der Waals surface area contributed by atoms with Gasteiger partial charge in [-0.3, -0.25) is 4.79 Å². The molecular weight excluding hydrogens is 144 g/mol. The summed E-state index contributed by atoms with van der Waals surface area (Å²) in [6.45, 7) is 5.07. The van der Waals surface area contributed by atoms with Gasteiger partial charge >= 0.3 is 5.97 Å². The van der Waals surface area contributed by atoms with Crippen LogP contribution >= 0.6 is 0 Å². The largest absolute Gasteiger partial charge is 0.481 e. The second kappa shape index (κ2) is 2.81. The standard InChI is InChI=1S/C8H14O3/c1-3-6(7(9)10)8(2)4-11-5-8/h6H,3-5H2,1-2H3,(H,9,10). The van der Waals surface area contributed by atoms with Crippen LogP contribution in [0.25, 0.3) is 0 Å². The highest BCUT2D eigenvalue weighted by atomic mass is 16.5. The number of hydrogen-bond acceptors (Lipinski definition) is 2. The van der Waals surface area contributed by atoms with Crippen molar-refractivity contribution in [2.75, 3.05) is 13.2 Å². The Morgan fingerprint density at radius 1 is 1.73 bits per heavy atom. The fourth-order valence-corrected chi connectivity index (χ4v) is 1.59. The van der Waals surface area contributed by atoms with Crippen LogP contribution in [-0.2, 0) is 9.53 Å². The van der Waals surface area contributed by atoms with Gasteiger partial charge in [0.1, 0.15) is 0 Å². The molecule has 1 saturated heterocycles. The molecule has 0 aliphatic carbocycles. The summed E-state index contributed by atoms with van der Waals surface area (Å²) in [5.41, 5.74) is -0.111. The molecule has 11 heavy (non-hydrogen) atoms. The van der Waals surface area contributed by atoms with Gasteiger partial charge in [-0.25, -0.2) is 0 Å². The molecule has 1 aliphatic rings. The van der Waals surface area contributed by atoms with E-state index in [-0.39, 0.29) is 11.3 Å². The van der Waals surface area contributed by atoms with E-state index in [1.54, 1.807) is 0 Å². The summed E-state index contributed by atoms with van der Waals surface area (Å²) in [6.07, 6.45) is 0.690. The van der Waals surface area contributed by atoms with E-state index in [9.17, 15) is 4.79 Å². The number of hydrogen-bond donors (Lipinski definition) is 1. The molecule has 1 atom stereocenters. The van der Waals surface area contributed by atoms with Crippen LogP contribution in [0, 0.1) is 11.3 Å². The Balaban J connectivity index is 2.60. The molecule has 3 nitrogen and oxygen atoms in total. The summed E-state index contributed by atoms with van der Waals surface area (Å²) in [4.78, 5) is 10.7. The predicted octanol–water partition coefficient (Wildman–Crippen LogP) is 1.13. The van der Waals surface area contributed by atoms with Crippen molar-refractivity contribution >= 4 is 5.97 Å². The first-order valence-electron chi connectivity index (χ1n) is 3.90. The van der Waals surface area contributed by atoms with E-state index < -0.39 is 5.97 Å². The SMILES string of the molecule is CCC(C(=O)O)C1(C)COC1. The van der Waals surface area contributed by atoms with E-state index in [0.29, 0.717) is 19.6 Å². The maximum absolute atomic E-state index is 10.7. The molecule has 64 valence electrons. The molecule has 1 aliphatic heterocycles. The lowest BCUT2D eigenvalue weighted by molar-refractivity contribution is -0.170. The first-order chi connectivity index (χ1) is 5.10. The molecule has 1 N–H and O–H groups in total. The molecule has 1 heterocycles. The minimum atomic E-state index is -0.696. The predicted molar refractivity (Wildman–Crippen MR) is 40.3 cm³/mol. The highest BCUT2D eigenvalue weighted by Crippen LogP contribution is 2.37. The average Bonchev–Trinajstić information content (AvgIpc) is 1.85. The number of ether oxygens (including phenoxy) is 1. The van der Waals surface area contributed by atoms with Gasteiger partial charge in [-0.05, 0) is 6.42 Å². The zero-order valence-corrected chi connectivity index (χ0v) is 6.96. The molecule has 1 unspecified atom stereocenters. The zero-order chi connectivity index (χ0) is 8.48. The van der Waals surface area contributed by atoms with Gasteiger partial charge < -0.3 is 9.84 Å². The molecule has 0 saturated carbocycles. The monoisotopic (exact) mass is 158 g/mol. The van der Waals surface area contributed by atoms with Crippen LogP contribution in [0.1, 0.15) is 20.3 Å². The molecular formula is C8H14O3. The van der Waals surface area contributed by atoms with Crippen LogP contribution in [0.3, 0.4) is 0 Å². The zero-order valence-electron chi connectivity index (χ0n) is 6.96. The Bertz CT molecular complexity index is 161. The summed E-state index contributed by atoms with van der Waals surface area (Å²) in [7, 11) is 0. The molecule has 0 aromatic rings. The third kappa shape index (κ3) is 1.38. The van der Waals surface area contributed by atoms with Crippen LogP contribution in [0.2, 0.25) is 0 Å². The Morgan fingerprint density at radius 3 is 2.36 bits per heavy atom. The third-order valence-corrected chi connectivity index (χ3v) is 2.41. The van der Waals surface area contributed by atoms with E-state index >= 15 is 0 Å². The van der Waals surface area contributed by atoms with Gasteiger partial charge in [-0.2, -0.15) is 0 Å². The summed E-state index contributed by atoms with van der Waals surface area (Å²) in [5, 5.41) is 8.82. The summed E-state index contributed by atoms with van der Waals surface area (Å²) in [5.74, 6) is -0.936. The maximum Gasteiger partial charge on any atom is 0.307 e. The molecule has 0 aromatic carbocycles. The lowest BCUT2D eigenvalue weighted by atomic mass is 9.74. The van der Waals surface area contributed by atoms with Gasteiger partial charge in [-0.1, -0.05) is 13.8 Å². The first-order valence-corrected chi connectivity index (χ1v) is 3.90. The van der Waals surface area contributed by atoms with E-state index in [1.165, 1.54) is 0 Å². The molecule has 0 aromatic heterocycles. The van der Waals surface area contributed by atoms with E-state index in [2.05, 4.69) is 0 Å². The number of aliphatic carboxylic acids is 1. The second-order valence-electron chi connectivity index (χ2n) is 3.45. The molecule has 0 amide bonds. The van der Waals surface area contributed by atoms with E-state index in [4.69, 9.17) is 9.84 Å². The highest BCUT2D eigenvalue weighted by Gasteiger charge is 2.44. The van der Waals surface area contributed by atoms with Gasteiger partial charge in [0.25, 0.3) is 0 Å². The molecule has 0 bridgehead atoms. The minimum Gasteiger partial charge on any atom is -0.481 e. The fourth-order valence-electron chi connectivity index (χ4n) is 1.59. The molecule has 1 rings (SSSR count). The van der Waals surface area contributed by atoms with E-state index in [1.807, 2.05) is 13.8 Å². The Kier molecular flexibility index (Phi) is 2.18. The molecule has 3 heteroatoms. The number of carboxylic acids is 1. The van der Waals surface area contributed by atoms with Crippen LogP contribution < -0.4 is 0 Å². The quantitative estimate of drug-likeness (QED) is 0.669. The van der Waals surface area contributed by atoms with Gasteiger partial charge in [0.05, 0.1) is 19.1 Å². The Morgan fingerprint density at radius 2 is 2.27 bits per heavy atom. The first kappa shape index (κ1) is 8.53. The van der Waals surface area contributed by atoms with Crippen molar-refractivity contribution in [2.45, 2.75) is 20.3 Å². The highest BCUT2D eigenvalue weighted by molar-refractivity contribution is 5.71. The van der Waals surface area contributed by atoms with Gasteiger partial charge in [0, 0.05) is 5.41 Å². The second-order valence-corrected chi connectivity index (χ2v) is 3.45. The molecule has 1 fully saturated rings. The van der Waals surface area contributed by atoms with Crippen LogP contribution in [0.15, 0.2) is 0 Å². The lowest BCUT2D eigenvalue weighted by Crippen LogP contribution is -2.48. The van der Waals surface area contributed by atoms with Crippen LogP contribution in [-0.4, -0.2) is 24.3 Å². The van der Waals surface area contributed by atoms with Crippen molar-refractivity contribution in [3.63, 3.8) is 0 Å².